The van der Waals surface area contributed by atoms with E-state index < -0.39 is 0 Å². The summed E-state index contributed by atoms with van der Waals surface area (Å²) in [7, 11) is 1.68. The highest BCUT2D eigenvalue weighted by Crippen LogP contribution is 2.42. The molecule has 0 N–H and O–H groups in total. The van der Waals surface area contributed by atoms with Gasteiger partial charge < -0.3 is 4.74 Å². The van der Waals surface area contributed by atoms with Crippen LogP contribution in [0.25, 0.3) is 0 Å². The van der Waals surface area contributed by atoms with Crippen LogP contribution in [0.5, 0.6) is 5.75 Å². The van der Waals surface area contributed by atoms with E-state index in [0.29, 0.717) is 0 Å². The van der Waals surface area contributed by atoms with Crippen LogP contribution in [0, 0.1) is 17.2 Å². The van der Waals surface area contributed by atoms with Crippen LogP contribution in [0.2, 0.25) is 0 Å². The maximum absolute atomic E-state index is 9.80. The molecule has 0 bridgehead atoms. The molecule has 23 heavy (non-hydrogen) atoms. The van der Waals surface area contributed by atoms with Crippen LogP contribution in [0.15, 0.2) is 24.3 Å². The fourth-order valence-electron chi connectivity index (χ4n) is 3.87. The van der Waals surface area contributed by atoms with E-state index in [1.54, 1.807) is 7.11 Å². The molecule has 0 spiro atoms. The predicted octanol–water partition coefficient (Wildman–Crippen LogP) is 6.01. The third-order valence-corrected chi connectivity index (χ3v) is 5.53. The largest absolute Gasteiger partial charge is 0.497 e. The fourth-order valence-corrected chi connectivity index (χ4v) is 3.87. The number of hydrogen-bond donors (Lipinski definition) is 0. The van der Waals surface area contributed by atoms with Crippen molar-refractivity contribution < 1.29 is 4.74 Å². The predicted molar refractivity (Wildman–Crippen MR) is 95.6 cm³/mol. The summed E-state index contributed by atoms with van der Waals surface area (Å²) >= 11 is 0. The van der Waals surface area contributed by atoms with E-state index in [1.165, 1.54) is 56.9 Å². The van der Waals surface area contributed by atoms with Crippen LogP contribution in [-0.4, -0.2) is 7.11 Å². The first kappa shape index (κ1) is 17.9. The summed E-state index contributed by atoms with van der Waals surface area (Å²) in [6.07, 6.45) is 12.6. The summed E-state index contributed by atoms with van der Waals surface area (Å²) in [5.41, 5.74) is 0.896. The van der Waals surface area contributed by atoms with Crippen LogP contribution < -0.4 is 4.74 Å². The highest BCUT2D eigenvalue weighted by molar-refractivity contribution is 5.37. The van der Waals surface area contributed by atoms with E-state index in [-0.39, 0.29) is 5.41 Å². The average Bonchev–Trinajstić information content (AvgIpc) is 2.62. The van der Waals surface area contributed by atoms with Crippen molar-refractivity contribution in [2.75, 3.05) is 7.11 Å². The summed E-state index contributed by atoms with van der Waals surface area (Å²) in [4.78, 5) is 0. The lowest BCUT2D eigenvalue weighted by Gasteiger charge is -2.35. The van der Waals surface area contributed by atoms with Crippen molar-refractivity contribution in [3.63, 3.8) is 0 Å². The Kier molecular flexibility index (Phi) is 6.96. The Morgan fingerprint density at radius 1 is 1.09 bits per heavy atom. The number of rotatable bonds is 8. The summed E-state index contributed by atoms with van der Waals surface area (Å²) in [5, 5.41) is 9.80. The van der Waals surface area contributed by atoms with Crippen molar-refractivity contribution in [2.24, 2.45) is 5.92 Å². The van der Waals surface area contributed by atoms with E-state index in [9.17, 15) is 5.26 Å². The maximum Gasteiger partial charge on any atom is 0.118 e. The van der Waals surface area contributed by atoms with Gasteiger partial charge in [0.15, 0.2) is 0 Å². The standard InChI is InChI=1S/C21H31NO/c1-3-4-5-6-7-8-18-13-15-21(17-22,16-14-18)19-9-11-20(23-2)12-10-19/h9-12,18H,3-8,13-16H2,1-2H3. The van der Waals surface area contributed by atoms with Crippen molar-refractivity contribution in [1.29, 1.82) is 5.26 Å². The van der Waals surface area contributed by atoms with Gasteiger partial charge in [-0.2, -0.15) is 5.26 Å². The molecule has 1 saturated carbocycles. The highest BCUT2D eigenvalue weighted by Gasteiger charge is 2.36. The van der Waals surface area contributed by atoms with E-state index in [2.05, 4.69) is 25.1 Å². The van der Waals surface area contributed by atoms with E-state index in [1.807, 2.05) is 12.1 Å². The first-order chi connectivity index (χ1) is 11.2. The molecule has 0 unspecified atom stereocenters. The van der Waals surface area contributed by atoms with Crippen LogP contribution in [0.4, 0.5) is 0 Å². The third kappa shape index (κ3) is 4.74. The molecule has 2 rings (SSSR count). The first-order valence-corrected chi connectivity index (χ1v) is 9.30. The molecule has 1 aromatic carbocycles. The first-order valence-electron chi connectivity index (χ1n) is 9.30. The van der Waals surface area contributed by atoms with Gasteiger partial charge in [0.2, 0.25) is 0 Å². The van der Waals surface area contributed by atoms with Crippen LogP contribution in [0.3, 0.4) is 0 Å². The van der Waals surface area contributed by atoms with Crippen molar-refractivity contribution in [1.82, 2.24) is 0 Å². The number of nitrogens with zero attached hydrogens (tertiary/aromatic N) is 1. The lowest BCUT2D eigenvalue weighted by atomic mass is 9.67. The van der Waals surface area contributed by atoms with Gasteiger partial charge in [0.05, 0.1) is 18.6 Å². The number of nitriles is 1. The minimum absolute atomic E-state index is 0.273. The van der Waals surface area contributed by atoms with Crippen molar-refractivity contribution in [2.45, 2.75) is 76.5 Å². The SMILES string of the molecule is CCCCCCCC1CCC(C#N)(c2ccc(OC)cc2)CC1. The Labute approximate surface area is 141 Å². The third-order valence-electron chi connectivity index (χ3n) is 5.53. The lowest BCUT2D eigenvalue weighted by molar-refractivity contribution is 0.261. The fraction of sp³-hybridized carbons (Fsp3) is 0.667. The van der Waals surface area contributed by atoms with Crippen molar-refractivity contribution in [3.05, 3.63) is 29.8 Å². The minimum atomic E-state index is -0.273. The summed E-state index contributed by atoms with van der Waals surface area (Å²) in [6, 6.07) is 10.7. The number of hydrogen-bond acceptors (Lipinski definition) is 2. The Hall–Kier alpha value is -1.49. The monoisotopic (exact) mass is 313 g/mol. The van der Waals surface area contributed by atoms with Gasteiger partial charge in [-0.3, -0.25) is 0 Å². The Balaban J connectivity index is 1.85. The van der Waals surface area contributed by atoms with Crippen molar-refractivity contribution >= 4 is 0 Å². The second-order valence-corrected chi connectivity index (χ2v) is 7.07. The van der Waals surface area contributed by atoms with Gasteiger partial charge in [0, 0.05) is 0 Å². The molecule has 0 saturated heterocycles. The van der Waals surface area contributed by atoms with Gasteiger partial charge in [-0.1, -0.05) is 57.6 Å². The van der Waals surface area contributed by atoms with Gasteiger partial charge in [-0.15, -0.1) is 0 Å². The Bertz CT molecular complexity index is 492. The molecule has 0 aliphatic heterocycles. The van der Waals surface area contributed by atoms with Crippen LogP contribution in [-0.2, 0) is 5.41 Å². The normalized spacial score (nSPS) is 24.1. The summed E-state index contributed by atoms with van der Waals surface area (Å²) in [5.74, 6) is 1.69. The van der Waals surface area contributed by atoms with E-state index in [0.717, 1.165) is 24.5 Å². The second kappa shape index (κ2) is 8.96. The molecule has 1 aliphatic rings. The van der Waals surface area contributed by atoms with E-state index >= 15 is 0 Å². The zero-order chi connectivity index (χ0) is 16.5. The van der Waals surface area contributed by atoms with Gasteiger partial charge in [-0.25, -0.2) is 0 Å². The number of unbranched alkanes of at least 4 members (excludes halogenated alkanes) is 4. The molecule has 126 valence electrons. The zero-order valence-corrected chi connectivity index (χ0v) is 14.8. The van der Waals surface area contributed by atoms with Crippen LogP contribution in [0.1, 0.15) is 76.7 Å². The second-order valence-electron chi connectivity index (χ2n) is 7.07. The molecule has 0 radical (unpaired) electrons. The van der Waals surface area contributed by atoms with Crippen molar-refractivity contribution in [3.8, 4) is 11.8 Å². The van der Waals surface area contributed by atoms with Gasteiger partial charge >= 0.3 is 0 Å². The molecular formula is C21H31NO. The van der Waals surface area contributed by atoms with Crippen LogP contribution >= 0.6 is 0 Å². The molecule has 1 fully saturated rings. The highest BCUT2D eigenvalue weighted by atomic mass is 16.5. The summed E-state index contributed by atoms with van der Waals surface area (Å²) in [6.45, 7) is 2.27. The molecule has 0 atom stereocenters. The number of benzene rings is 1. The summed E-state index contributed by atoms with van der Waals surface area (Å²) < 4.78 is 5.23. The molecular weight excluding hydrogens is 282 g/mol. The molecule has 1 aliphatic carbocycles. The number of ether oxygens (including phenoxy) is 1. The molecule has 0 amide bonds. The Morgan fingerprint density at radius 2 is 1.74 bits per heavy atom. The molecule has 2 heteroatoms. The molecule has 1 aromatic rings. The smallest absolute Gasteiger partial charge is 0.118 e. The quantitative estimate of drug-likeness (QED) is 0.551. The van der Waals surface area contributed by atoms with Gasteiger partial charge in [0.25, 0.3) is 0 Å². The average molecular weight is 313 g/mol. The van der Waals surface area contributed by atoms with Gasteiger partial charge in [0.1, 0.15) is 5.75 Å². The lowest BCUT2D eigenvalue weighted by Crippen LogP contribution is -2.30. The van der Waals surface area contributed by atoms with Gasteiger partial charge in [-0.05, 0) is 49.3 Å². The molecule has 0 heterocycles. The molecule has 2 nitrogen and oxygen atoms in total. The molecule has 0 aromatic heterocycles. The van der Waals surface area contributed by atoms with E-state index in [4.69, 9.17) is 4.74 Å². The Morgan fingerprint density at radius 3 is 2.30 bits per heavy atom. The maximum atomic E-state index is 9.80. The number of methoxy groups -OCH3 is 1. The topological polar surface area (TPSA) is 33.0 Å². The zero-order valence-electron chi connectivity index (χ0n) is 14.8. The minimum Gasteiger partial charge on any atom is -0.497 e.